The second kappa shape index (κ2) is 5.84. The quantitative estimate of drug-likeness (QED) is 0.855. The number of benzene rings is 1. The molecular weight excluding hydrogens is 232 g/mol. The van der Waals surface area contributed by atoms with Crippen molar-refractivity contribution in [3.05, 3.63) is 29.3 Å². The fourth-order valence-electron chi connectivity index (χ4n) is 2.22. The molecule has 1 amide bonds. The van der Waals surface area contributed by atoms with Crippen molar-refractivity contribution in [1.82, 2.24) is 4.90 Å². The van der Waals surface area contributed by atoms with Crippen molar-refractivity contribution in [2.75, 3.05) is 32.1 Å². The fourth-order valence-corrected chi connectivity index (χ4v) is 2.22. The highest BCUT2D eigenvalue weighted by Gasteiger charge is 2.16. The molecule has 18 heavy (non-hydrogen) atoms. The molecule has 0 aliphatic carbocycles. The Labute approximate surface area is 106 Å². The van der Waals surface area contributed by atoms with E-state index in [1.807, 2.05) is 18.2 Å². The van der Waals surface area contributed by atoms with Crippen LogP contribution in [0.5, 0.6) is 0 Å². The number of hydrogen-bond donors (Lipinski definition) is 2. The lowest BCUT2D eigenvalue weighted by Gasteiger charge is -2.28. The summed E-state index contributed by atoms with van der Waals surface area (Å²) >= 11 is 0. The lowest BCUT2D eigenvalue weighted by molar-refractivity contribution is 0.141. The lowest BCUT2D eigenvalue weighted by atomic mass is 9.99. The molecule has 0 fully saturated rings. The number of ether oxygens (including phenoxy) is 1. The predicted octanol–water partition coefficient (Wildman–Crippen LogP) is 1.78. The number of rotatable bonds is 4. The van der Waals surface area contributed by atoms with E-state index in [1.54, 1.807) is 7.11 Å². The maximum atomic E-state index is 10.6. The number of amides is 1. The zero-order chi connectivity index (χ0) is 13.0. The zero-order valence-corrected chi connectivity index (χ0v) is 10.5. The highest BCUT2D eigenvalue weighted by molar-refractivity contribution is 5.83. The molecule has 5 heteroatoms. The summed E-state index contributed by atoms with van der Waals surface area (Å²) in [5, 5.41) is 11.1. The Hall–Kier alpha value is -1.59. The topological polar surface area (TPSA) is 61.8 Å². The summed E-state index contributed by atoms with van der Waals surface area (Å²) in [6, 6.07) is 5.74. The van der Waals surface area contributed by atoms with E-state index in [9.17, 15) is 4.79 Å². The minimum absolute atomic E-state index is 0.645. The first-order chi connectivity index (χ1) is 8.69. The first kappa shape index (κ1) is 12.9. The Bertz CT molecular complexity index is 434. The lowest BCUT2D eigenvalue weighted by Crippen LogP contribution is -2.33. The monoisotopic (exact) mass is 250 g/mol. The van der Waals surface area contributed by atoms with Crippen LogP contribution in [0.2, 0.25) is 0 Å². The van der Waals surface area contributed by atoms with Crippen LogP contribution in [0, 0.1) is 0 Å². The minimum Gasteiger partial charge on any atom is -0.465 e. The molecule has 2 N–H and O–H groups in total. The van der Waals surface area contributed by atoms with Crippen molar-refractivity contribution >= 4 is 11.8 Å². The fraction of sp³-hybridized carbons (Fsp3) is 0.462. The van der Waals surface area contributed by atoms with Crippen molar-refractivity contribution in [2.24, 2.45) is 0 Å². The summed E-state index contributed by atoms with van der Waals surface area (Å²) < 4.78 is 5.08. The van der Waals surface area contributed by atoms with E-state index in [4.69, 9.17) is 9.84 Å². The SMILES string of the molecule is COCCN1CCc2cc(NC(=O)O)ccc2C1. The molecule has 0 spiro atoms. The van der Waals surface area contributed by atoms with Gasteiger partial charge in [0.05, 0.1) is 6.61 Å². The van der Waals surface area contributed by atoms with Crippen LogP contribution in [-0.2, 0) is 17.7 Å². The summed E-state index contributed by atoms with van der Waals surface area (Å²) in [6.45, 7) is 3.58. The van der Waals surface area contributed by atoms with Crippen LogP contribution in [0.25, 0.3) is 0 Å². The second-order valence-corrected chi connectivity index (χ2v) is 4.43. The van der Waals surface area contributed by atoms with Gasteiger partial charge in [0.2, 0.25) is 0 Å². The first-order valence-corrected chi connectivity index (χ1v) is 6.02. The van der Waals surface area contributed by atoms with Gasteiger partial charge in [-0.1, -0.05) is 6.07 Å². The van der Waals surface area contributed by atoms with E-state index >= 15 is 0 Å². The second-order valence-electron chi connectivity index (χ2n) is 4.43. The van der Waals surface area contributed by atoms with Crippen molar-refractivity contribution in [1.29, 1.82) is 0 Å². The van der Waals surface area contributed by atoms with Crippen LogP contribution in [0.1, 0.15) is 11.1 Å². The molecule has 0 unspecified atom stereocenters. The Morgan fingerprint density at radius 2 is 2.33 bits per heavy atom. The molecule has 1 aliphatic heterocycles. The Morgan fingerprint density at radius 1 is 1.50 bits per heavy atom. The first-order valence-electron chi connectivity index (χ1n) is 6.02. The number of anilines is 1. The van der Waals surface area contributed by atoms with Crippen LogP contribution in [0.3, 0.4) is 0 Å². The van der Waals surface area contributed by atoms with E-state index < -0.39 is 6.09 Å². The van der Waals surface area contributed by atoms with Gasteiger partial charge in [-0.25, -0.2) is 4.79 Å². The largest absolute Gasteiger partial charge is 0.465 e. The summed E-state index contributed by atoms with van der Waals surface area (Å²) in [6.07, 6.45) is -0.0683. The molecular formula is C13H18N2O3. The third-order valence-corrected chi connectivity index (χ3v) is 3.16. The van der Waals surface area contributed by atoms with Gasteiger partial charge in [-0.15, -0.1) is 0 Å². The number of carbonyl (C=O) groups is 1. The minimum atomic E-state index is -1.02. The Balaban J connectivity index is 2.03. The van der Waals surface area contributed by atoms with E-state index in [0.29, 0.717) is 5.69 Å². The molecule has 0 atom stereocenters. The van der Waals surface area contributed by atoms with Gasteiger partial charge >= 0.3 is 6.09 Å². The van der Waals surface area contributed by atoms with Crippen LogP contribution >= 0.6 is 0 Å². The molecule has 0 bridgehead atoms. The van der Waals surface area contributed by atoms with Crippen molar-refractivity contribution in [3.63, 3.8) is 0 Å². The van der Waals surface area contributed by atoms with Gasteiger partial charge in [0.15, 0.2) is 0 Å². The van der Waals surface area contributed by atoms with E-state index in [-0.39, 0.29) is 0 Å². The molecule has 0 saturated carbocycles. The zero-order valence-electron chi connectivity index (χ0n) is 10.5. The van der Waals surface area contributed by atoms with Gasteiger partial charge < -0.3 is 9.84 Å². The molecule has 1 aliphatic rings. The molecule has 1 aromatic rings. The number of carboxylic acid groups (broad SMARTS) is 1. The van der Waals surface area contributed by atoms with Crippen LogP contribution in [0.4, 0.5) is 10.5 Å². The molecule has 1 heterocycles. The van der Waals surface area contributed by atoms with E-state index in [0.717, 1.165) is 32.7 Å². The number of nitrogens with one attached hydrogen (secondary N) is 1. The van der Waals surface area contributed by atoms with Gasteiger partial charge in [-0.05, 0) is 29.7 Å². The van der Waals surface area contributed by atoms with Gasteiger partial charge in [-0.3, -0.25) is 10.2 Å². The van der Waals surface area contributed by atoms with Crippen LogP contribution in [-0.4, -0.2) is 42.9 Å². The number of methoxy groups -OCH3 is 1. The highest BCUT2D eigenvalue weighted by atomic mass is 16.5. The molecule has 0 radical (unpaired) electrons. The maximum Gasteiger partial charge on any atom is 0.409 e. The number of nitrogens with zero attached hydrogens (tertiary/aromatic N) is 1. The van der Waals surface area contributed by atoms with Crippen molar-refractivity contribution in [2.45, 2.75) is 13.0 Å². The van der Waals surface area contributed by atoms with Gasteiger partial charge in [0.1, 0.15) is 0 Å². The predicted molar refractivity (Wildman–Crippen MR) is 68.9 cm³/mol. The molecule has 1 aromatic carbocycles. The summed E-state index contributed by atoms with van der Waals surface area (Å²) in [5.41, 5.74) is 3.15. The Morgan fingerprint density at radius 3 is 3.06 bits per heavy atom. The average Bonchev–Trinajstić information content (AvgIpc) is 2.35. The van der Waals surface area contributed by atoms with Crippen molar-refractivity contribution in [3.8, 4) is 0 Å². The van der Waals surface area contributed by atoms with Crippen LogP contribution < -0.4 is 5.32 Å². The standard InChI is InChI=1S/C13H18N2O3/c1-18-7-6-15-5-4-10-8-12(14-13(16)17)3-2-11(10)9-15/h2-3,8,14H,4-7,9H2,1H3,(H,16,17). The van der Waals surface area contributed by atoms with Gasteiger partial charge in [-0.2, -0.15) is 0 Å². The molecule has 2 rings (SSSR count). The molecule has 98 valence electrons. The maximum absolute atomic E-state index is 10.6. The van der Waals surface area contributed by atoms with E-state index in [2.05, 4.69) is 10.2 Å². The normalized spacial score (nSPS) is 15.2. The van der Waals surface area contributed by atoms with E-state index in [1.165, 1.54) is 11.1 Å². The third kappa shape index (κ3) is 3.21. The number of hydrogen-bond acceptors (Lipinski definition) is 3. The summed E-state index contributed by atoms with van der Waals surface area (Å²) in [7, 11) is 1.71. The highest BCUT2D eigenvalue weighted by Crippen LogP contribution is 2.22. The Kier molecular flexibility index (Phi) is 4.17. The van der Waals surface area contributed by atoms with Crippen LogP contribution in [0.15, 0.2) is 18.2 Å². The summed E-state index contributed by atoms with van der Waals surface area (Å²) in [4.78, 5) is 12.9. The molecule has 0 saturated heterocycles. The average molecular weight is 250 g/mol. The molecule has 5 nitrogen and oxygen atoms in total. The smallest absolute Gasteiger partial charge is 0.409 e. The molecule has 0 aromatic heterocycles. The van der Waals surface area contributed by atoms with Gasteiger partial charge in [0.25, 0.3) is 0 Å². The number of fused-ring (bicyclic) bond motifs is 1. The third-order valence-electron chi connectivity index (χ3n) is 3.16. The van der Waals surface area contributed by atoms with Crippen molar-refractivity contribution < 1.29 is 14.6 Å². The summed E-state index contributed by atoms with van der Waals surface area (Å²) in [5.74, 6) is 0. The van der Waals surface area contributed by atoms with Gasteiger partial charge in [0, 0.05) is 32.4 Å².